The lowest BCUT2D eigenvalue weighted by Gasteiger charge is -2.43. The van der Waals surface area contributed by atoms with E-state index < -0.39 is 11.5 Å². The molecule has 0 saturated carbocycles. The van der Waals surface area contributed by atoms with Crippen LogP contribution in [0, 0.1) is 5.92 Å². The van der Waals surface area contributed by atoms with E-state index in [1.54, 1.807) is 18.7 Å². The van der Waals surface area contributed by atoms with Gasteiger partial charge in [0.05, 0.1) is 11.3 Å². The fourth-order valence-electron chi connectivity index (χ4n) is 2.84. The van der Waals surface area contributed by atoms with Crippen LogP contribution in [-0.4, -0.2) is 39.7 Å². The normalized spacial score (nSPS) is 28.8. The van der Waals surface area contributed by atoms with Crippen molar-refractivity contribution < 1.29 is 14.4 Å². The molecule has 2 unspecified atom stereocenters. The number of hydrogen-bond donors (Lipinski definition) is 1. The molecule has 0 aliphatic carbocycles. The first-order valence-electron chi connectivity index (χ1n) is 7.44. The van der Waals surface area contributed by atoms with Crippen LogP contribution in [0.15, 0.2) is 35.3 Å². The molecule has 0 bridgehead atoms. The van der Waals surface area contributed by atoms with Crippen molar-refractivity contribution in [2.45, 2.75) is 36.7 Å². The van der Waals surface area contributed by atoms with Crippen LogP contribution in [0.3, 0.4) is 0 Å². The van der Waals surface area contributed by atoms with Crippen LogP contribution in [0.1, 0.15) is 25.3 Å². The Labute approximate surface area is 138 Å². The summed E-state index contributed by atoms with van der Waals surface area (Å²) in [4.78, 5) is 40.5. The number of benzene rings is 1. The average molecular weight is 331 g/mol. The van der Waals surface area contributed by atoms with E-state index in [1.165, 1.54) is 17.8 Å². The molecule has 0 aromatic heterocycles. The van der Waals surface area contributed by atoms with Gasteiger partial charge in [0.15, 0.2) is 6.17 Å². The second-order valence-corrected chi connectivity index (χ2v) is 7.14. The number of thioether (sulfide) groups is 1. The summed E-state index contributed by atoms with van der Waals surface area (Å²) in [6.45, 7) is 3.58. The summed E-state index contributed by atoms with van der Waals surface area (Å²) < 4.78 is 0. The minimum absolute atomic E-state index is 0.0704. The van der Waals surface area contributed by atoms with E-state index in [1.807, 2.05) is 30.3 Å². The van der Waals surface area contributed by atoms with E-state index in [9.17, 15) is 14.4 Å². The van der Waals surface area contributed by atoms with Gasteiger partial charge in [-0.15, -0.1) is 11.8 Å². The quantitative estimate of drug-likeness (QED) is 0.514. The Kier molecular flexibility index (Phi) is 4.24. The van der Waals surface area contributed by atoms with Gasteiger partial charge in [0, 0.05) is 5.92 Å². The lowest BCUT2D eigenvalue weighted by atomic mass is 9.89. The number of β-lactam (4-membered cyclic amide) rings is 1. The molecule has 2 heterocycles. The van der Waals surface area contributed by atoms with E-state index in [4.69, 9.17) is 0 Å². The summed E-state index contributed by atoms with van der Waals surface area (Å²) in [6.07, 6.45) is 0.836. The van der Waals surface area contributed by atoms with E-state index in [0.29, 0.717) is 0 Å². The number of nitrogens with zero attached hydrogens (tertiary/aromatic N) is 2. The third kappa shape index (κ3) is 2.66. The highest BCUT2D eigenvalue weighted by molar-refractivity contribution is 8.01. The van der Waals surface area contributed by atoms with Crippen LogP contribution < -0.4 is 5.32 Å². The van der Waals surface area contributed by atoms with Gasteiger partial charge in [0.2, 0.25) is 17.9 Å². The van der Waals surface area contributed by atoms with Crippen LogP contribution in [-0.2, 0) is 14.4 Å². The topological polar surface area (TPSA) is 78.8 Å². The van der Waals surface area contributed by atoms with Gasteiger partial charge in [-0.05, 0) is 5.56 Å². The molecule has 2 aliphatic heterocycles. The molecule has 0 spiro atoms. The van der Waals surface area contributed by atoms with Gasteiger partial charge in [-0.2, -0.15) is 4.99 Å². The van der Waals surface area contributed by atoms with E-state index >= 15 is 0 Å². The molecule has 2 fully saturated rings. The Balaban J connectivity index is 1.83. The SMILES string of the molecule is CC(C)C(=O)NC1S[C@@H]2[C@H](c3ccccc3)C(=O)N2C1N=C=O. The summed E-state index contributed by atoms with van der Waals surface area (Å²) in [5.74, 6) is -0.629. The number of hydrogen-bond acceptors (Lipinski definition) is 5. The molecule has 4 atom stereocenters. The van der Waals surface area contributed by atoms with Gasteiger partial charge in [0.25, 0.3) is 0 Å². The number of nitrogens with one attached hydrogen (secondary N) is 1. The molecule has 2 aliphatic rings. The summed E-state index contributed by atoms with van der Waals surface area (Å²) >= 11 is 1.46. The first-order valence-corrected chi connectivity index (χ1v) is 8.39. The molecule has 23 heavy (non-hydrogen) atoms. The van der Waals surface area contributed by atoms with E-state index in [0.717, 1.165) is 5.56 Å². The third-order valence-electron chi connectivity index (χ3n) is 4.07. The standard InChI is InChI=1S/C16H17N3O3S/c1-9(2)13(21)18-14-12(17-8-20)19-15(22)11(16(19)23-14)10-6-4-3-5-7-10/h3-7,9,11-12,14,16H,1-2H3,(H,18,21)/t11-,12?,14?,16-/m1/s1. The molecule has 120 valence electrons. The first-order chi connectivity index (χ1) is 11.0. The number of amides is 2. The molecule has 2 saturated heterocycles. The molecular formula is C16H17N3O3S. The molecule has 1 aromatic carbocycles. The van der Waals surface area contributed by atoms with Gasteiger partial charge in [-0.1, -0.05) is 44.2 Å². The van der Waals surface area contributed by atoms with E-state index in [2.05, 4.69) is 10.3 Å². The monoisotopic (exact) mass is 331 g/mol. The Morgan fingerprint density at radius 3 is 2.65 bits per heavy atom. The average Bonchev–Trinajstić information content (AvgIpc) is 2.82. The number of rotatable bonds is 4. The van der Waals surface area contributed by atoms with Crippen molar-refractivity contribution in [1.82, 2.24) is 10.2 Å². The Morgan fingerprint density at radius 2 is 2.04 bits per heavy atom. The Hall–Kier alpha value is -2.11. The molecule has 2 amide bonds. The number of fused-ring (bicyclic) bond motifs is 1. The minimum atomic E-state index is -0.683. The molecule has 1 aromatic rings. The number of carbonyl (C=O) groups is 2. The van der Waals surface area contributed by atoms with Crippen LogP contribution in [0.2, 0.25) is 0 Å². The largest absolute Gasteiger partial charge is 0.340 e. The molecular weight excluding hydrogens is 314 g/mol. The summed E-state index contributed by atoms with van der Waals surface area (Å²) in [6, 6.07) is 9.52. The number of aliphatic imine (C=N–C) groups is 1. The lowest BCUT2D eigenvalue weighted by molar-refractivity contribution is -0.147. The van der Waals surface area contributed by atoms with Gasteiger partial charge >= 0.3 is 0 Å². The second kappa shape index (κ2) is 6.18. The third-order valence-corrected chi connectivity index (χ3v) is 5.51. The fraction of sp³-hybridized carbons (Fsp3) is 0.438. The number of carbonyl (C=O) groups excluding carboxylic acids is 3. The smallest absolute Gasteiger partial charge is 0.237 e. The highest BCUT2D eigenvalue weighted by Crippen LogP contribution is 2.51. The zero-order valence-corrected chi connectivity index (χ0v) is 13.6. The molecule has 7 heteroatoms. The van der Waals surface area contributed by atoms with Gasteiger partial charge < -0.3 is 10.2 Å². The van der Waals surface area contributed by atoms with Crippen molar-refractivity contribution in [3.63, 3.8) is 0 Å². The second-order valence-electron chi connectivity index (χ2n) is 5.88. The van der Waals surface area contributed by atoms with Gasteiger partial charge in [-0.25, -0.2) is 4.79 Å². The fourth-order valence-corrected chi connectivity index (χ4v) is 4.45. The van der Waals surface area contributed by atoms with Crippen molar-refractivity contribution in [3.8, 4) is 0 Å². The molecule has 6 nitrogen and oxygen atoms in total. The maximum Gasteiger partial charge on any atom is 0.237 e. The highest BCUT2D eigenvalue weighted by Gasteiger charge is 2.59. The van der Waals surface area contributed by atoms with Crippen molar-refractivity contribution in [1.29, 1.82) is 0 Å². The van der Waals surface area contributed by atoms with Crippen molar-refractivity contribution >= 4 is 29.7 Å². The zero-order valence-electron chi connectivity index (χ0n) is 12.8. The maximum absolute atomic E-state index is 12.5. The summed E-state index contributed by atoms with van der Waals surface area (Å²) in [5, 5.41) is 2.32. The van der Waals surface area contributed by atoms with Crippen molar-refractivity contribution in [3.05, 3.63) is 35.9 Å². The minimum Gasteiger partial charge on any atom is -0.340 e. The van der Waals surface area contributed by atoms with Crippen LogP contribution in [0.4, 0.5) is 0 Å². The zero-order chi connectivity index (χ0) is 16.6. The predicted octanol–water partition coefficient (Wildman–Crippen LogP) is 1.45. The van der Waals surface area contributed by atoms with E-state index in [-0.39, 0.29) is 29.0 Å². The molecule has 0 radical (unpaired) electrons. The lowest BCUT2D eigenvalue weighted by Crippen LogP contribution is -2.58. The van der Waals surface area contributed by atoms with Crippen LogP contribution in [0.5, 0.6) is 0 Å². The van der Waals surface area contributed by atoms with Gasteiger partial charge in [0.1, 0.15) is 5.37 Å². The van der Waals surface area contributed by atoms with Gasteiger partial charge in [-0.3, -0.25) is 9.59 Å². The van der Waals surface area contributed by atoms with Crippen molar-refractivity contribution in [2.24, 2.45) is 10.9 Å². The van der Waals surface area contributed by atoms with Crippen LogP contribution in [0.25, 0.3) is 0 Å². The maximum atomic E-state index is 12.5. The summed E-state index contributed by atoms with van der Waals surface area (Å²) in [5.41, 5.74) is 0.941. The highest BCUT2D eigenvalue weighted by atomic mass is 32.2. The predicted molar refractivity (Wildman–Crippen MR) is 86.1 cm³/mol. The molecule has 3 rings (SSSR count). The van der Waals surface area contributed by atoms with Crippen molar-refractivity contribution in [2.75, 3.05) is 0 Å². The summed E-state index contributed by atoms with van der Waals surface area (Å²) in [7, 11) is 0. The van der Waals surface area contributed by atoms with Crippen LogP contribution >= 0.6 is 11.8 Å². The Morgan fingerprint density at radius 1 is 1.35 bits per heavy atom. The molecule has 1 N–H and O–H groups in total. The Bertz CT molecular complexity index is 672. The first kappa shape index (κ1) is 15.8. The number of isocyanates is 1.